The molecule has 3 nitrogen and oxygen atoms in total. The van der Waals surface area contributed by atoms with Gasteiger partial charge in [0.2, 0.25) is 0 Å². The van der Waals surface area contributed by atoms with Crippen molar-refractivity contribution in [2.75, 3.05) is 7.05 Å². The molecule has 2 unspecified atom stereocenters. The molecule has 3 heteroatoms. The van der Waals surface area contributed by atoms with Crippen LogP contribution in [-0.4, -0.2) is 23.3 Å². The van der Waals surface area contributed by atoms with Gasteiger partial charge in [-0.05, 0) is 19.8 Å². The predicted molar refractivity (Wildman–Crippen MR) is 54.5 cm³/mol. The highest BCUT2D eigenvalue weighted by molar-refractivity contribution is 4.94. The minimum atomic E-state index is -0.840. The maximum atomic E-state index is 11.5. The van der Waals surface area contributed by atoms with Crippen LogP contribution in [0.1, 0.15) is 47.0 Å². The third-order valence-corrected chi connectivity index (χ3v) is 3.68. The van der Waals surface area contributed by atoms with Gasteiger partial charge in [0.05, 0.1) is 7.05 Å². The monoisotopic (exact) mass is 189 g/mol. The molecule has 0 aliphatic carbocycles. The van der Waals surface area contributed by atoms with Crippen LogP contribution < -0.4 is 5.06 Å². The van der Waals surface area contributed by atoms with Gasteiger partial charge in [-0.15, -0.1) is 0 Å². The van der Waals surface area contributed by atoms with Crippen LogP contribution in [0.2, 0.25) is 0 Å². The fourth-order valence-corrected chi connectivity index (χ4v) is 1.94. The molecule has 0 aromatic rings. The summed E-state index contributed by atoms with van der Waals surface area (Å²) >= 11 is 0. The van der Waals surface area contributed by atoms with Crippen molar-refractivity contribution in [3.05, 3.63) is 5.21 Å². The van der Waals surface area contributed by atoms with E-state index in [9.17, 15) is 10.3 Å². The molecule has 0 saturated heterocycles. The summed E-state index contributed by atoms with van der Waals surface area (Å²) in [7, 11) is 1.57. The van der Waals surface area contributed by atoms with Gasteiger partial charge in [0.1, 0.15) is 11.1 Å². The lowest BCUT2D eigenvalue weighted by atomic mass is 9.75. The Balaban J connectivity index is 4.91. The Morgan fingerprint density at radius 3 is 1.62 bits per heavy atom. The Labute approximate surface area is 81.3 Å². The van der Waals surface area contributed by atoms with Gasteiger partial charge in [-0.1, -0.05) is 20.8 Å². The molecule has 0 rings (SSSR count). The van der Waals surface area contributed by atoms with Gasteiger partial charge >= 0.3 is 0 Å². The lowest BCUT2D eigenvalue weighted by Gasteiger charge is -2.48. The van der Waals surface area contributed by atoms with E-state index in [1.54, 1.807) is 7.05 Å². The van der Waals surface area contributed by atoms with Gasteiger partial charge in [-0.3, -0.25) is 0 Å². The molecule has 0 bridgehead atoms. The number of hydrogen-bond donors (Lipinski definition) is 2. The van der Waals surface area contributed by atoms with Crippen LogP contribution in [0.5, 0.6) is 0 Å². The second kappa shape index (κ2) is 4.40. The summed E-state index contributed by atoms with van der Waals surface area (Å²) in [5.41, 5.74) is -1.43. The Bertz CT molecular complexity index is 155. The fourth-order valence-electron chi connectivity index (χ4n) is 1.94. The zero-order valence-electron chi connectivity index (χ0n) is 9.48. The summed E-state index contributed by atoms with van der Waals surface area (Å²) in [6, 6.07) is 0. The predicted octanol–water partition coefficient (Wildman–Crippen LogP) is 0.719. The molecular weight excluding hydrogens is 166 g/mol. The summed E-state index contributed by atoms with van der Waals surface area (Å²) in [6.45, 7) is 7.68. The molecule has 0 aromatic carbocycles. The van der Waals surface area contributed by atoms with Crippen molar-refractivity contribution in [2.24, 2.45) is 0 Å². The number of likely N-dealkylation sites (N-methyl/N-ethyl adjacent to an activating group) is 1. The van der Waals surface area contributed by atoms with Crippen molar-refractivity contribution < 1.29 is 10.2 Å². The molecule has 2 N–H and O–H groups in total. The zero-order valence-corrected chi connectivity index (χ0v) is 9.48. The molecule has 0 aliphatic heterocycles. The van der Waals surface area contributed by atoms with E-state index in [1.165, 1.54) is 0 Å². The van der Waals surface area contributed by atoms with Crippen LogP contribution in [0, 0.1) is 5.21 Å². The van der Waals surface area contributed by atoms with Gasteiger partial charge in [-0.25, -0.2) is 0 Å². The summed E-state index contributed by atoms with van der Waals surface area (Å²) in [5, 5.41) is 21.9. The van der Waals surface area contributed by atoms with Crippen molar-refractivity contribution in [2.45, 2.75) is 58.1 Å². The molecule has 0 heterocycles. The first-order chi connectivity index (χ1) is 5.88. The Morgan fingerprint density at radius 1 is 1.15 bits per heavy atom. The Kier molecular flexibility index (Phi) is 4.36. The fraction of sp³-hybridized carbons (Fsp3) is 1.00. The van der Waals surface area contributed by atoms with Crippen molar-refractivity contribution in [1.29, 1.82) is 0 Å². The number of rotatable bonds is 5. The van der Waals surface area contributed by atoms with Crippen LogP contribution in [0.25, 0.3) is 0 Å². The maximum absolute atomic E-state index is 11.5. The van der Waals surface area contributed by atoms with Crippen LogP contribution in [-0.2, 0) is 0 Å². The number of aliphatic hydroxyl groups is 1. The molecule has 0 spiro atoms. The summed E-state index contributed by atoms with van der Waals surface area (Å²) in [5.74, 6) is 0. The zero-order chi connectivity index (χ0) is 10.7. The van der Waals surface area contributed by atoms with Gasteiger partial charge in [0, 0.05) is 6.42 Å². The highest BCUT2D eigenvalue weighted by Gasteiger charge is 2.47. The van der Waals surface area contributed by atoms with E-state index in [1.807, 2.05) is 27.7 Å². The van der Waals surface area contributed by atoms with E-state index in [-0.39, 0.29) is 5.06 Å². The number of quaternary nitrogens is 1. The maximum Gasteiger partial charge on any atom is 0.123 e. The van der Waals surface area contributed by atoms with E-state index in [2.05, 4.69) is 0 Å². The quantitative estimate of drug-likeness (QED) is 0.626. The lowest BCUT2D eigenvalue weighted by molar-refractivity contribution is -0.894. The minimum absolute atomic E-state index is 0.0844. The molecule has 0 amide bonds. The molecular formula is C10H23NO2. The third-order valence-electron chi connectivity index (χ3n) is 3.68. The van der Waals surface area contributed by atoms with Crippen molar-refractivity contribution >= 4 is 0 Å². The van der Waals surface area contributed by atoms with Crippen molar-refractivity contribution in [3.8, 4) is 0 Å². The van der Waals surface area contributed by atoms with E-state index < -0.39 is 11.1 Å². The highest BCUT2D eigenvalue weighted by Crippen LogP contribution is 2.28. The smallest absolute Gasteiger partial charge is 0.123 e. The second-order valence-electron chi connectivity index (χ2n) is 3.98. The molecule has 0 aliphatic rings. The normalized spacial score (nSPS) is 19.6. The standard InChI is InChI=1S/C10H23NO2/c1-6-9(4,11(5)13)10(12,7-2)8-3/h11-12H,6-8H2,1-5H3. The minimum Gasteiger partial charge on any atom is -0.634 e. The van der Waals surface area contributed by atoms with E-state index >= 15 is 0 Å². The van der Waals surface area contributed by atoms with Crippen LogP contribution >= 0.6 is 0 Å². The van der Waals surface area contributed by atoms with Gasteiger partial charge < -0.3 is 15.4 Å². The molecule has 0 fully saturated rings. The van der Waals surface area contributed by atoms with Gasteiger partial charge in [0.15, 0.2) is 0 Å². The van der Waals surface area contributed by atoms with Crippen LogP contribution in [0.3, 0.4) is 0 Å². The number of nitrogens with one attached hydrogen (secondary N) is 1. The first-order valence-corrected chi connectivity index (χ1v) is 5.11. The lowest BCUT2D eigenvalue weighted by Crippen LogP contribution is -3.16. The number of hydroxylamine groups is 2. The SMILES string of the molecule is CCC(O)(CC)C(C)(CC)[NH+](C)[O-]. The topological polar surface area (TPSA) is 47.7 Å². The summed E-state index contributed by atoms with van der Waals surface area (Å²) in [6.07, 6.45) is 1.96. The largest absolute Gasteiger partial charge is 0.634 e. The van der Waals surface area contributed by atoms with E-state index in [0.29, 0.717) is 19.3 Å². The molecule has 80 valence electrons. The van der Waals surface area contributed by atoms with Crippen LogP contribution in [0.4, 0.5) is 0 Å². The van der Waals surface area contributed by atoms with Crippen LogP contribution in [0.15, 0.2) is 0 Å². The first-order valence-electron chi connectivity index (χ1n) is 5.11. The molecule has 0 radical (unpaired) electrons. The average Bonchev–Trinajstić information content (AvgIpc) is 2.14. The average molecular weight is 189 g/mol. The van der Waals surface area contributed by atoms with Crippen molar-refractivity contribution in [1.82, 2.24) is 0 Å². The second-order valence-corrected chi connectivity index (χ2v) is 3.98. The first kappa shape index (κ1) is 12.9. The van der Waals surface area contributed by atoms with E-state index in [4.69, 9.17) is 0 Å². The Hall–Kier alpha value is -0.120. The third kappa shape index (κ3) is 2.03. The number of hydrogen-bond acceptors (Lipinski definition) is 2. The highest BCUT2D eigenvalue weighted by atomic mass is 16.5. The molecule has 13 heavy (non-hydrogen) atoms. The van der Waals surface area contributed by atoms with E-state index in [0.717, 1.165) is 0 Å². The van der Waals surface area contributed by atoms with Gasteiger partial charge in [0.25, 0.3) is 0 Å². The summed E-state index contributed by atoms with van der Waals surface area (Å²) < 4.78 is 0. The summed E-state index contributed by atoms with van der Waals surface area (Å²) in [4.78, 5) is 0. The van der Waals surface area contributed by atoms with Crippen molar-refractivity contribution in [3.63, 3.8) is 0 Å². The Morgan fingerprint density at radius 2 is 1.54 bits per heavy atom. The molecule has 2 atom stereocenters. The van der Waals surface area contributed by atoms with Gasteiger partial charge in [-0.2, -0.15) is 0 Å². The molecule has 0 saturated carbocycles. The molecule has 0 aromatic heterocycles.